The molecule has 0 saturated heterocycles. The first-order chi connectivity index (χ1) is 29.8. The van der Waals surface area contributed by atoms with Crippen LogP contribution in [0.1, 0.15) is 67.8 Å². The number of carbonyl (C=O) groups is 3. The number of fused-ring (bicyclic) bond motifs is 2. The van der Waals surface area contributed by atoms with E-state index in [9.17, 15) is 19.5 Å². The van der Waals surface area contributed by atoms with Gasteiger partial charge in [0, 0.05) is 37.9 Å². The highest BCUT2D eigenvalue weighted by molar-refractivity contribution is 6.42. The third-order valence-corrected chi connectivity index (χ3v) is 12.2. The number of ether oxygens (including phenoxy) is 3. The zero-order valence-electron chi connectivity index (χ0n) is 34.7. The third-order valence-electron chi connectivity index (χ3n) is 11.5. The number of amides is 2. The molecule has 4 heterocycles. The first kappa shape index (κ1) is 42.3. The molecule has 62 heavy (non-hydrogen) atoms. The summed E-state index contributed by atoms with van der Waals surface area (Å²) in [6.45, 7) is 6.47. The van der Waals surface area contributed by atoms with E-state index in [0.717, 1.165) is 50.2 Å². The molecule has 2 amide bonds. The molecule has 6 aromatic rings. The Morgan fingerprint density at radius 1 is 0.903 bits per heavy atom. The molecule has 0 aliphatic carbocycles. The number of benzene rings is 4. The lowest BCUT2D eigenvalue weighted by atomic mass is 9.91. The Bertz CT molecular complexity index is 2670. The molecule has 8 rings (SSSR count). The molecule has 0 radical (unpaired) electrons. The van der Waals surface area contributed by atoms with Crippen LogP contribution in [0.4, 0.5) is 0 Å². The standard InChI is InChI=1S/C48H45Cl2N5O7/c1-27-17-42(54(4)53-27)48(59)55-24-35-22-44-43(61-26-45(62-44)33-10-12-37(13-11-33)60-25-31-7-14-39(49)40(50)19-31)21-34(35)20-41(55)47(58)52-36(23-46(56)57)18-30-5-8-32(9-6-30)38-15-16-51-29(3)28(38)2/h5-17,19,21-22,36,41,45H,18,20,23-26H2,1-4H3,(H,52,58)(H,56,57)/t36-,41-,45+/m0/s1. The maximum Gasteiger partial charge on any atom is 0.305 e. The first-order valence-corrected chi connectivity index (χ1v) is 21.0. The second-order valence-corrected chi connectivity index (χ2v) is 16.6. The summed E-state index contributed by atoms with van der Waals surface area (Å²) >= 11 is 12.2. The number of aryl methyl sites for hydroxylation is 3. The number of halogens is 2. The van der Waals surface area contributed by atoms with Crippen LogP contribution in [0.2, 0.25) is 10.0 Å². The van der Waals surface area contributed by atoms with E-state index in [1.54, 1.807) is 38.4 Å². The van der Waals surface area contributed by atoms with E-state index in [-0.39, 0.29) is 38.3 Å². The molecule has 2 aliphatic rings. The van der Waals surface area contributed by atoms with Gasteiger partial charge < -0.3 is 29.5 Å². The number of aromatic nitrogens is 3. The Kier molecular flexibility index (Phi) is 12.2. The van der Waals surface area contributed by atoms with Crippen molar-refractivity contribution in [3.63, 3.8) is 0 Å². The zero-order chi connectivity index (χ0) is 43.7. The van der Waals surface area contributed by atoms with Crippen LogP contribution < -0.4 is 19.5 Å². The smallest absolute Gasteiger partial charge is 0.305 e. The maximum atomic E-state index is 14.4. The van der Waals surface area contributed by atoms with Crippen molar-refractivity contribution in [1.29, 1.82) is 0 Å². The van der Waals surface area contributed by atoms with Crippen molar-refractivity contribution in [2.75, 3.05) is 6.61 Å². The highest BCUT2D eigenvalue weighted by atomic mass is 35.5. The number of hydrogen-bond donors (Lipinski definition) is 2. The van der Waals surface area contributed by atoms with Crippen LogP contribution in [-0.4, -0.2) is 61.2 Å². The molecule has 2 aliphatic heterocycles. The van der Waals surface area contributed by atoms with Crippen molar-refractivity contribution in [1.82, 2.24) is 25.0 Å². The summed E-state index contributed by atoms with van der Waals surface area (Å²) in [7, 11) is 1.69. The molecule has 0 bridgehead atoms. The van der Waals surface area contributed by atoms with E-state index in [1.807, 2.05) is 86.6 Å². The number of carboxylic acid groups (broad SMARTS) is 1. The summed E-state index contributed by atoms with van der Waals surface area (Å²) in [4.78, 5) is 46.7. The fourth-order valence-electron chi connectivity index (χ4n) is 8.04. The van der Waals surface area contributed by atoms with Gasteiger partial charge in [-0.3, -0.25) is 24.0 Å². The lowest BCUT2D eigenvalue weighted by Crippen LogP contribution is -2.55. The number of aliphatic carboxylic acids is 1. The molecule has 4 aromatic carbocycles. The molecule has 12 nitrogen and oxygen atoms in total. The van der Waals surface area contributed by atoms with Crippen molar-refractivity contribution < 1.29 is 33.7 Å². The number of rotatable bonds is 12. The van der Waals surface area contributed by atoms with Gasteiger partial charge in [0.15, 0.2) is 17.6 Å². The Labute approximate surface area is 369 Å². The summed E-state index contributed by atoms with van der Waals surface area (Å²) in [5.74, 6) is -0.144. The predicted molar refractivity (Wildman–Crippen MR) is 235 cm³/mol. The van der Waals surface area contributed by atoms with Crippen molar-refractivity contribution in [2.45, 2.75) is 71.4 Å². The van der Waals surface area contributed by atoms with E-state index >= 15 is 0 Å². The number of nitrogens with zero attached hydrogens (tertiary/aromatic N) is 4. The van der Waals surface area contributed by atoms with Crippen LogP contribution in [0.3, 0.4) is 0 Å². The van der Waals surface area contributed by atoms with Crippen molar-refractivity contribution >= 4 is 41.0 Å². The highest BCUT2D eigenvalue weighted by Crippen LogP contribution is 2.41. The van der Waals surface area contributed by atoms with Crippen molar-refractivity contribution in [3.8, 4) is 28.4 Å². The predicted octanol–water partition coefficient (Wildman–Crippen LogP) is 8.57. The number of hydrogen-bond acceptors (Lipinski definition) is 8. The lowest BCUT2D eigenvalue weighted by molar-refractivity contribution is -0.138. The van der Waals surface area contributed by atoms with Gasteiger partial charge in [-0.1, -0.05) is 65.7 Å². The fraction of sp³-hybridized carbons (Fsp3) is 0.271. The zero-order valence-corrected chi connectivity index (χ0v) is 36.2. The molecular formula is C48H45Cl2N5O7. The Morgan fingerprint density at radius 3 is 2.35 bits per heavy atom. The van der Waals surface area contributed by atoms with Gasteiger partial charge in [-0.25, -0.2) is 0 Å². The average Bonchev–Trinajstić information content (AvgIpc) is 3.60. The van der Waals surface area contributed by atoms with Crippen LogP contribution in [-0.2, 0) is 42.6 Å². The monoisotopic (exact) mass is 873 g/mol. The van der Waals surface area contributed by atoms with Gasteiger partial charge in [-0.2, -0.15) is 5.10 Å². The Hall–Kier alpha value is -6.37. The van der Waals surface area contributed by atoms with Gasteiger partial charge in [-0.05, 0) is 120 Å². The second kappa shape index (κ2) is 17.9. The summed E-state index contributed by atoms with van der Waals surface area (Å²) < 4.78 is 20.2. The van der Waals surface area contributed by atoms with E-state index in [4.69, 9.17) is 37.4 Å². The van der Waals surface area contributed by atoms with Crippen LogP contribution in [0.5, 0.6) is 17.2 Å². The largest absolute Gasteiger partial charge is 0.489 e. The molecule has 0 fully saturated rings. The second-order valence-electron chi connectivity index (χ2n) is 15.8. The number of carbonyl (C=O) groups excluding carboxylic acids is 2. The van der Waals surface area contributed by atoms with E-state index in [1.165, 1.54) is 9.58 Å². The van der Waals surface area contributed by atoms with Gasteiger partial charge in [0.2, 0.25) is 5.91 Å². The summed E-state index contributed by atoms with van der Waals surface area (Å²) in [5, 5.41) is 18.2. The van der Waals surface area contributed by atoms with E-state index < -0.39 is 30.1 Å². The molecule has 0 spiro atoms. The topological polar surface area (TPSA) is 145 Å². The molecular weight excluding hydrogens is 829 g/mol. The van der Waals surface area contributed by atoms with Gasteiger partial charge in [0.25, 0.3) is 5.91 Å². The van der Waals surface area contributed by atoms with Crippen LogP contribution in [0.25, 0.3) is 11.1 Å². The van der Waals surface area contributed by atoms with Crippen molar-refractivity contribution in [2.24, 2.45) is 7.05 Å². The SMILES string of the molecule is Cc1cc(C(=O)N2Cc3cc4c(cc3C[C@H]2C(=O)N[C@H](CC(=O)O)Cc2ccc(-c3ccnc(C)c3C)cc2)OC[C@H](c2ccc(OCc3ccc(Cl)c(Cl)c3)cc2)O4)n(C)n1. The minimum absolute atomic E-state index is 0.0988. The number of carboxylic acids is 1. The third kappa shape index (κ3) is 9.26. The molecule has 0 saturated carbocycles. The quantitative estimate of drug-likeness (QED) is 0.124. The van der Waals surface area contributed by atoms with Crippen LogP contribution >= 0.6 is 23.2 Å². The molecule has 318 valence electrons. The van der Waals surface area contributed by atoms with Crippen LogP contribution in [0, 0.1) is 20.8 Å². The average molecular weight is 875 g/mol. The van der Waals surface area contributed by atoms with Gasteiger partial charge in [-0.15, -0.1) is 0 Å². The molecule has 3 atom stereocenters. The minimum atomic E-state index is -1.05. The molecule has 2 N–H and O–H groups in total. The van der Waals surface area contributed by atoms with Crippen LogP contribution in [0.15, 0.2) is 97.2 Å². The minimum Gasteiger partial charge on any atom is -0.489 e. The summed E-state index contributed by atoms with van der Waals surface area (Å²) in [5.41, 5.74) is 9.37. The van der Waals surface area contributed by atoms with Gasteiger partial charge in [0.1, 0.15) is 30.7 Å². The summed E-state index contributed by atoms with van der Waals surface area (Å²) in [6, 6.07) is 26.6. The fourth-order valence-corrected chi connectivity index (χ4v) is 8.36. The molecule has 2 aromatic heterocycles. The normalized spacial score (nSPS) is 16.0. The number of pyridine rings is 1. The maximum absolute atomic E-state index is 14.4. The lowest BCUT2D eigenvalue weighted by Gasteiger charge is -2.37. The van der Waals surface area contributed by atoms with E-state index in [0.29, 0.717) is 45.3 Å². The van der Waals surface area contributed by atoms with Gasteiger partial charge in [0.05, 0.1) is 22.2 Å². The Balaban J connectivity index is 0.999. The highest BCUT2D eigenvalue weighted by Gasteiger charge is 2.38. The molecule has 14 heteroatoms. The van der Waals surface area contributed by atoms with E-state index in [2.05, 4.69) is 15.4 Å². The number of nitrogens with one attached hydrogen (secondary N) is 1. The van der Waals surface area contributed by atoms with Crippen molar-refractivity contribution in [3.05, 3.63) is 158 Å². The first-order valence-electron chi connectivity index (χ1n) is 20.3. The summed E-state index contributed by atoms with van der Waals surface area (Å²) in [6.07, 6.45) is 1.52. The molecule has 0 unspecified atom stereocenters. The Morgan fingerprint density at radius 2 is 1.65 bits per heavy atom. The van der Waals surface area contributed by atoms with Gasteiger partial charge >= 0.3 is 5.97 Å².